The number of ether oxygens (including phenoxy) is 2. The predicted octanol–water partition coefficient (Wildman–Crippen LogP) is 2.20. The third-order valence-electron chi connectivity index (χ3n) is 5.17. The highest BCUT2D eigenvalue weighted by molar-refractivity contribution is 5.69. The van der Waals surface area contributed by atoms with Gasteiger partial charge in [-0.1, -0.05) is 0 Å². The SMILES string of the molecule is CC1COCCN1c1nc(-c2cnc(N)cc2C(F)(F)F)cc(N2CCOCC2)n1. The molecule has 0 bridgehead atoms. The van der Waals surface area contributed by atoms with Crippen LogP contribution in [-0.2, 0) is 15.7 Å². The lowest BCUT2D eigenvalue weighted by Crippen LogP contribution is -2.45. The number of anilines is 3. The Bertz CT molecular complexity index is 904. The van der Waals surface area contributed by atoms with Crippen molar-refractivity contribution in [2.45, 2.75) is 19.1 Å². The van der Waals surface area contributed by atoms with E-state index in [2.05, 4.69) is 15.0 Å². The van der Waals surface area contributed by atoms with E-state index in [1.54, 1.807) is 6.07 Å². The van der Waals surface area contributed by atoms with E-state index in [9.17, 15) is 13.2 Å². The maximum Gasteiger partial charge on any atom is 0.417 e. The molecule has 0 saturated carbocycles. The number of halogens is 3. The molecule has 2 aromatic rings. The Morgan fingerprint density at radius 2 is 1.80 bits per heavy atom. The minimum Gasteiger partial charge on any atom is -0.384 e. The molecule has 2 aliphatic heterocycles. The lowest BCUT2D eigenvalue weighted by atomic mass is 10.1. The molecule has 1 unspecified atom stereocenters. The minimum atomic E-state index is -4.59. The zero-order valence-corrected chi connectivity index (χ0v) is 16.5. The van der Waals surface area contributed by atoms with Crippen molar-refractivity contribution in [1.29, 1.82) is 0 Å². The Balaban J connectivity index is 1.84. The van der Waals surface area contributed by atoms with Crippen LogP contribution in [0.2, 0.25) is 0 Å². The van der Waals surface area contributed by atoms with E-state index < -0.39 is 11.7 Å². The summed E-state index contributed by atoms with van der Waals surface area (Å²) in [4.78, 5) is 17.0. The van der Waals surface area contributed by atoms with E-state index in [1.807, 2.05) is 16.7 Å². The van der Waals surface area contributed by atoms with Crippen LogP contribution < -0.4 is 15.5 Å². The Labute approximate surface area is 171 Å². The van der Waals surface area contributed by atoms with Gasteiger partial charge < -0.3 is 25.0 Å². The Morgan fingerprint density at radius 3 is 2.50 bits per heavy atom. The summed E-state index contributed by atoms with van der Waals surface area (Å²) in [7, 11) is 0. The molecule has 0 spiro atoms. The molecule has 0 radical (unpaired) electrons. The molecule has 2 fully saturated rings. The number of hydrogen-bond acceptors (Lipinski definition) is 8. The van der Waals surface area contributed by atoms with Crippen molar-refractivity contribution in [2.24, 2.45) is 0 Å². The maximum atomic E-state index is 13.7. The summed E-state index contributed by atoms with van der Waals surface area (Å²) in [6.45, 7) is 5.77. The Kier molecular flexibility index (Phi) is 5.65. The molecule has 30 heavy (non-hydrogen) atoms. The quantitative estimate of drug-likeness (QED) is 0.802. The standard InChI is InChI=1S/C19H23F3N6O2/c1-12-11-30-7-4-28(12)18-25-15(9-17(26-18)27-2-5-29-6-3-27)13-10-24-16(23)8-14(13)19(20,21)22/h8-10,12H,2-7,11H2,1H3,(H2,23,24). The molecule has 0 aromatic carbocycles. The van der Waals surface area contributed by atoms with Crippen molar-refractivity contribution in [3.8, 4) is 11.3 Å². The van der Waals surface area contributed by atoms with Crippen LogP contribution in [0.3, 0.4) is 0 Å². The molecule has 1 atom stereocenters. The molecule has 0 aliphatic carbocycles. The fourth-order valence-electron chi connectivity index (χ4n) is 3.58. The second-order valence-corrected chi connectivity index (χ2v) is 7.28. The van der Waals surface area contributed by atoms with Crippen LogP contribution in [0, 0.1) is 0 Å². The second-order valence-electron chi connectivity index (χ2n) is 7.28. The highest BCUT2D eigenvalue weighted by Crippen LogP contribution is 2.38. The van der Waals surface area contributed by atoms with Gasteiger partial charge in [-0.2, -0.15) is 18.2 Å². The van der Waals surface area contributed by atoms with E-state index in [0.717, 1.165) is 12.3 Å². The molecule has 2 N–H and O–H groups in total. The van der Waals surface area contributed by atoms with Gasteiger partial charge in [0.05, 0.1) is 43.7 Å². The lowest BCUT2D eigenvalue weighted by molar-refractivity contribution is -0.137. The van der Waals surface area contributed by atoms with Gasteiger partial charge >= 0.3 is 6.18 Å². The van der Waals surface area contributed by atoms with E-state index in [-0.39, 0.29) is 23.1 Å². The van der Waals surface area contributed by atoms with E-state index in [0.29, 0.717) is 57.8 Å². The molecule has 0 amide bonds. The number of nitrogen functional groups attached to an aromatic ring is 1. The summed E-state index contributed by atoms with van der Waals surface area (Å²) in [6.07, 6.45) is -3.47. The average Bonchev–Trinajstić information content (AvgIpc) is 2.74. The number of morpholine rings is 2. The zero-order chi connectivity index (χ0) is 21.3. The summed E-state index contributed by atoms with van der Waals surface area (Å²) < 4.78 is 52.0. The molecule has 2 aliphatic rings. The summed E-state index contributed by atoms with van der Waals surface area (Å²) in [6, 6.07) is 2.41. The van der Waals surface area contributed by atoms with Crippen LogP contribution in [-0.4, -0.2) is 67.1 Å². The lowest BCUT2D eigenvalue weighted by Gasteiger charge is -2.35. The number of pyridine rings is 1. The first-order valence-electron chi connectivity index (χ1n) is 9.72. The smallest absolute Gasteiger partial charge is 0.384 e. The fraction of sp³-hybridized carbons (Fsp3) is 0.526. The highest BCUT2D eigenvalue weighted by Gasteiger charge is 2.35. The fourth-order valence-corrected chi connectivity index (χ4v) is 3.58. The first-order chi connectivity index (χ1) is 14.3. The molecule has 4 heterocycles. The average molecular weight is 424 g/mol. The van der Waals surface area contributed by atoms with Crippen molar-refractivity contribution >= 4 is 17.6 Å². The summed E-state index contributed by atoms with van der Waals surface area (Å²) in [5, 5.41) is 0. The van der Waals surface area contributed by atoms with Crippen molar-refractivity contribution in [3.63, 3.8) is 0 Å². The predicted molar refractivity (Wildman–Crippen MR) is 105 cm³/mol. The monoisotopic (exact) mass is 424 g/mol. The van der Waals surface area contributed by atoms with Gasteiger partial charge in [0.2, 0.25) is 5.95 Å². The number of alkyl halides is 3. The third kappa shape index (κ3) is 4.26. The summed E-state index contributed by atoms with van der Waals surface area (Å²) in [5.74, 6) is 0.729. The number of nitrogens with zero attached hydrogens (tertiary/aromatic N) is 5. The molecule has 4 rings (SSSR count). The Hall–Kier alpha value is -2.66. The normalized spacial score (nSPS) is 20.5. The van der Waals surface area contributed by atoms with Crippen LogP contribution in [0.25, 0.3) is 11.3 Å². The topological polar surface area (TPSA) is 89.6 Å². The van der Waals surface area contributed by atoms with Gasteiger partial charge in [0.25, 0.3) is 0 Å². The van der Waals surface area contributed by atoms with Gasteiger partial charge in [0.1, 0.15) is 11.6 Å². The van der Waals surface area contributed by atoms with Gasteiger partial charge in [-0.15, -0.1) is 0 Å². The van der Waals surface area contributed by atoms with E-state index in [4.69, 9.17) is 15.2 Å². The first kappa shape index (κ1) is 20.6. The van der Waals surface area contributed by atoms with Crippen molar-refractivity contribution < 1.29 is 22.6 Å². The van der Waals surface area contributed by atoms with Crippen molar-refractivity contribution in [1.82, 2.24) is 15.0 Å². The number of nitrogens with two attached hydrogens (primary N) is 1. The molecule has 8 nitrogen and oxygen atoms in total. The van der Waals surface area contributed by atoms with Gasteiger partial charge in [0, 0.05) is 37.5 Å². The number of hydrogen-bond donors (Lipinski definition) is 1. The van der Waals surface area contributed by atoms with Crippen LogP contribution in [0.5, 0.6) is 0 Å². The van der Waals surface area contributed by atoms with Gasteiger partial charge in [-0.25, -0.2) is 9.97 Å². The van der Waals surface area contributed by atoms with Crippen molar-refractivity contribution in [2.75, 3.05) is 61.6 Å². The largest absolute Gasteiger partial charge is 0.417 e. The maximum absolute atomic E-state index is 13.7. The van der Waals surface area contributed by atoms with Crippen molar-refractivity contribution in [3.05, 3.63) is 23.9 Å². The minimum absolute atomic E-state index is 0.00170. The highest BCUT2D eigenvalue weighted by atomic mass is 19.4. The first-order valence-corrected chi connectivity index (χ1v) is 9.72. The van der Waals surface area contributed by atoms with Gasteiger partial charge in [-0.3, -0.25) is 0 Å². The molecular weight excluding hydrogens is 401 g/mol. The van der Waals surface area contributed by atoms with Gasteiger partial charge in [-0.05, 0) is 13.0 Å². The molecule has 2 aromatic heterocycles. The van der Waals surface area contributed by atoms with E-state index >= 15 is 0 Å². The number of aromatic nitrogens is 3. The molecular formula is C19H23F3N6O2. The molecule has 162 valence electrons. The van der Waals surface area contributed by atoms with E-state index in [1.165, 1.54) is 0 Å². The third-order valence-corrected chi connectivity index (χ3v) is 5.17. The number of rotatable bonds is 3. The van der Waals surface area contributed by atoms with Crippen LogP contribution in [0.15, 0.2) is 18.3 Å². The molecule has 2 saturated heterocycles. The zero-order valence-electron chi connectivity index (χ0n) is 16.5. The van der Waals surface area contributed by atoms with Crippen LogP contribution in [0.1, 0.15) is 12.5 Å². The summed E-state index contributed by atoms with van der Waals surface area (Å²) in [5.41, 5.74) is 4.68. The Morgan fingerprint density at radius 1 is 1.07 bits per heavy atom. The second kappa shape index (κ2) is 8.23. The van der Waals surface area contributed by atoms with Gasteiger partial charge in [0.15, 0.2) is 0 Å². The van der Waals surface area contributed by atoms with Crippen LogP contribution >= 0.6 is 0 Å². The van der Waals surface area contributed by atoms with Crippen LogP contribution in [0.4, 0.5) is 30.8 Å². The molecule has 11 heteroatoms. The summed E-state index contributed by atoms with van der Waals surface area (Å²) >= 11 is 0.